The minimum Gasteiger partial charge on any atom is -0.383 e. The highest BCUT2D eigenvalue weighted by Gasteiger charge is 2.33. The third-order valence-electron chi connectivity index (χ3n) is 3.43. The molecule has 0 atom stereocenters. The van der Waals surface area contributed by atoms with Gasteiger partial charge in [0.25, 0.3) is 0 Å². The molecule has 2 rings (SSSR count). The number of halogens is 3. The van der Waals surface area contributed by atoms with E-state index in [1.165, 1.54) is 12.1 Å². The lowest BCUT2D eigenvalue weighted by Crippen LogP contribution is -2.45. The van der Waals surface area contributed by atoms with Gasteiger partial charge in [0.2, 0.25) is 0 Å². The van der Waals surface area contributed by atoms with Gasteiger partial charge in [-0.3, -0.25) is 4.90 Å². The van der Waals surface area contributed by atoms with E-state index in [9.17, 15) is 13.2 Å². The molecule has 1 aromatic carbocycles. The van der Waals surface area contributed by atoms with Gasteiger partial charge < -0.3 is 10.6 Å². The summed E-state index contributed by atoms with van der Waals surface area (Å²) in [5.74, 6) is 0. The Hall–Kier alpha value is -1.27. The van der Waals surface area contributed by atoms with Gasteiger partial charge in [0.1, 0.15) is 0 Å². The van der Waals surface area contributed by atoms with Gasteiger partial charge in [-0.25, -0.2) is 0 Å². The van der Waals surface area contributed by atoms with Gasteiger partial charge in [-0.1, -0.05) is 11.6 Å². The number of hydrogen-bond donors (Lipinski definition) is 2. The molecule has 0 saturated carbocycles. The number of benzene rings is 1. The molecule has 0 spiro atoms. The lowest BCUT2D eigenvalue weighted by molar-refractivity contribution is -0.137. The number of rotatable bonds is 4. The summed E-state index contributed by atoms with van der Waals surface area (Å²) < 4.78 is 38.9. The molecule has 6 heteroatoms. The summed E-state index contributed by atoms with van der Waals surface area (Å²) >= 11 is 0. The summed E-state index contributed by atoms with van der Waals surface area (Å²) in [6, 6.07) is 4.39. The van der Waals surface area contributed by atoms with Crippen LogP contribution in [0.5, 0.6) is 0 Å². The zero-order valence-electron chi connectivity index (χ0n) is 11.6. The highest BCUT2D eigenvalue weighted by atomic mass is 19.4. The SMILES string of the molecule is Cc1ccc(NCCN2CCNCC2)c(C(F)(F)F)c1. The second kappa shape index (κ2) is 6.45. The van der Waals surface area contributed by atoms with E-state index in [-0.39, 0.29) is 5.69 Å². The van der Waals surface area contributed by atoms with Crippen LogP contribution in [-0.4, -0.2) is 44.2 Å². The third kappa shape index (κ3) is 4.11. The molecule has 0 bridgehead atoms. The summed E-state index contributed by atoms with van der Waals surface area (Å²) in [5.41, 5.74) is 0.195. The van der Waals surface area contributed by atoms with Gasteiger partial charge in [0, 0.05) is 45.0 Å². The molecule has 1 heterocycles. The van der Waals surface area contributed by atoms with Crippen molar-refractivity contribution in [1.82, 2.24) is 10.2 Å². The predicted molar refractivity (Wildman–Crippen MR) is 74.0 cm³/mol. The first-order valence-corrected chi connectivity index (χ1v) is 6.81. The van der Waals surface area contributed by atoms with E-state index in [1.54, 1.807) is 13.0 Å². The molecule has 1 aromatic rings. The molecule has 0 unspecified atom stereocenters. The third-order valence-corrected chi connectivity index (χ3v) is 3.43. The van der Waals surface area contributed by atoms with Crippen LogP contribution in [0.15, 0.2) is 18.2 Å². The fourth-order valence-corrected chi connectivity index (χ4v) is 2.33. The molecule has 0 aromatic heterocycles. The molecule has 20 heavy (non-hydrogen) atoms. The van der Waals surface area contributed by atoms with Gasteiger partial charge in [-0.2, -0.15) is 13.2 Å². The van der Waals surface area contributed by atoms with E-state index >= 15 is 0 Å². The van der Waals surface area contributed by atoms with Crippen molar-refractivity contribution in [2.24, 2.45) is 0 Å². The molecule has 0 amide bonds. The van der Waals surface area contributed by atoms with Gasteiger partial charge in [-0.15, -0.1) is 0 Å². The molecule has 0 radical (unpaired) electrons. The van der Waals surface area contributed by atoms with Crippen molar-refractivity contribution >= 4 is 5.69 Å². The largest absolute Gasteiger partial charge is 0.418 e. The van der Waals surface area contributed by atoms with Crippen LogP contribution in [0.4, 0.5) is 18.9 Å². The van der Waals surface area contributed by atoms with E-state index in [4.69, 9.17) is 0 Å². The fourth-order valence-electron chi connectivity index (χ4n) is 2.33. The molecule has 3 nitrogen and oxygen atoms in total. The summed E-state index contributed by atoms with van der Waals surface area (Å²) in [6.07, 6.45) is -4.32. The topological polar surface area (TPSA) is 27.3 Å². The van der Waals surface area contributed by atoms with Crippen LogP contribution < -0.4 is 10.6 Å². The van der Waals surface area contributed by atoms with Crippen molar-refractivity contribution in [3.63, 3.8) is 0 Å². The molecule has 1 fully saturated rings. The maximum atomic E-state index is 13.0. The van der Waals surface area contributed by atoms with E-state index in [2.05, 4.69) is 15.5 Å². The first-order chi connectivity index (χ1) is 9.47. The smallest absolute Gasteiger partial charge is 0.383 e. The number of nitrogens with zero attached hydrogens (tertiary/aromatic N) is 1. The average molecular weight is 287 g/mol. The van der Waals surface area contributed by atoms with Crippen molar-refractivity contribution in [2.45, 2.75) is 13.1 Å². The second-order valence-electron chi connectivity index (χ2n) is 5.07. The molecule has 112 valence electrons. The standard InChI is InChI=1S/C14H20F3N3/c1-11-2-3-13(12(10-11)14(15,16)17)19-6-9-20-7-4-18-5-8-20/h2-3,10,18-19H,4-9H2,1H3. The molecular formula is C14H20F3N3. The number of piperazine rings is 1. The van der Waals surface area contributed by atoms with Crippen LogP contribution in [0, 0.1) is 6.92 Å². The highest BCUT2D eigenvalue weighted by molar-refractivity contribution is 5.54. The van der Waals surface area contributed by atoms with Gasteiger partial charge >= 0.3 is 6.18 Å². The minimum atomic E-state index is -4.32. The zero-order chi connectivity index (χ0) is 14.6. The number of nitrogens with one attached hydrogen (secondary N) is 2. The van der Waals surface area contributed by atoms with Gasteiger partial charge in [0.05, 0.1) is 5.56 Å². The van der Waals surface area contributed by atoms with E-state index in [0.717, 1.165) is 32.7 Å². The molecule has 2 N–H and O–H groups in total. The Labute approximate surface area is 117 Å². The zero-order valence-corrected chi connectivity index (χ0v) is 11.6. The molecule has 0 aliphatic carbocycles. The molecule has 1 aliphatic heterocycles. The van der Waals surface area contributed by atoms with Crippen molar-refractivity contribution in [2.75, 3.05) is 44.6 Å². The van der Waals surface area contributed by atoms with Crippen molar-refractivity contribution in [1.29, 1.82) is 0 Å². The van der Waals surface area contributed by atoms with Crippen LogP contribution in [0.1, 0.15) is 11.1 Å². The van der Waals surface area contributed by atoms with Crippen LogP contribution in [0.2, 0.25) is 0 Å². The lowest BCUT2D eigenvalue weighted by Gasteiger charge is -2.27. The summed E-state index contributed by atoms with van der Waals surface area (Å²) in [4.78, 5) is 2.24. The van der Waals surface area contributed by atoms with Crippen LogP contribution in [0.25, 0.3) is 0 Å². The average Bonchev–Trinajstić information content (AvgIpc) is 2.40. The second-order valence-corrected chi connectivity index (χ2v) is 5.07. The summed E-state index contributed by atoms with van der Waals surface area (Å²) in [6.45, 7) is 6.72. The van der Waals surface area contributed by atoms with E-state index < -0.39 is 11.7 Å². The minimum absolute atomic E-state index is 0.165. The van der Waals surface area contributed by atoms with Crippen molar-refractivity contribution < 1.29 is 13.2 Å². The number of aryl methyl sites for hydroxylation is 1. The van der Waals surface area contributed by atoms with E-state index in [0.29, 0.717) is 12.1 Å². The fraction of sp³-hybridized carbons (Fsp3) is 0.571. The van der Waals surface area contributed by atoms with Crippen LogP contribution >= 0.6 is 0 Å². The summed E-state index contributed by atoms with van der Waals surface area (Å²) in [7, 11) is 0. The Kier molecular flexibility index (Phi) is 4.88. The van der Waals surface area contributed by atoms with Crippen molar-refractivity contribution in [3.05, 3.63) is 29.3 Å². The Morgan fingerprint density at radius 2 is 1.95 bits per heavy atom. The van der Waals surface area contributed by atoms with Gasteiger partial charge in [0.15, 0.2) is 0 Å². The lowest BCUT2D eigenvalue weighted by atomic mass is 10.1. The maximum Gasteiger partial charge on any atom is 0.418 e. The summed E-state index contributed by atoms with van der Waals surface area (Å²) in [5, 5.41) is 6.16. The predicted octanol–water partition coefficient (Wildman–Crippen LogP) is 2.33. The Balaban J connectivity index is 1.95. The number of hydrogen-bond acceptors (Lipinski definition) is 3. The highest BCUT2D eigenvalue weighted by Crippen LogP contribution is 2.35. The Morgan fingerprint density at radius 1 is 1.25 bits per heavy atom. The monoisotopic (exact) mass is 287 g/mol. The Bertz CT molecular complexity index is 440. The van der Waals surface area contributed by atoms with Crippen LogP contribution in [0.3, 0.4) is 0 Å². The van der Waals surface area contributed by atoms with Gasteiger partial charge in [-0.05, 0) is 19.1 Å². The number of anilines is 1. The first kappa shape index (κ1) is 15.1. The quantitative estimate of drug-likeness (QED) is 0.890. The Morgan fingerprint density at radius 3 is 2.60 bits per heavy atom. The van der Waals surface area contributed by atoms with Crippen molar-refractivity contribution in [3.8, 4) is 0 Å². The van der Waals surface area contributed by atoms with E-state index in [1.807, 2.05) is 0 Å². The molecular weight excluding hydrogens is 267 g/mol. The molecule has 1 saturated heterocycles. The maximum absolute atomic E-state index is 13.0. The first-order valence-electron chi connectivity index (χ1n) is 6.81. The van der Waals surface area contributed by atoms with Crippen LogP contribution in [-0.2, 0) is 6.18 Å². The molecule has 1 aliphatic rings. The normalized spacial score (nSPS) is 17.2. The number of alkyl halides is 3.